The van der Waals surface area contributed by atoms with Crippen LogP contribution in [0, 0.1) is 0 Å². The van der Waals surface area contributed by atoms with Gasteiger partial charge in [0.1, 0.15) is 18.5 Å². The highest BCUT2D eigenvalue weighted by molar-refractivity contribution is 5.86. The molecule has 0 unspecified atom stereocenters. The van der Waals surface area contributed by atoms with Crippen molar-refractivity contribution < 1.29 is 34.1 Å². The number of hydroxylamine groups is 1. The molecule has 166 valence electrons. The monoisotopic (exact) mass is 430 g/mol. The van der Waals surface area contributed by atoms with E-state index in [1.165, 1.54) is 11.6 Å². The third-order valence-electron chi connectivity index (χ3n) is 4.03. The van der Waals surface area contributed by atoms with Crippen molar-refractivity contribution >= 4 is 17.7 Å². The number of benzene rings is 2. The highest BCUT2D eigenvalue weighted by Crippen LogP contribution is 2.27. The zero-order chi connectivity index (χ0) is 22.5. The standard InChI is InChI=1S/C22H26N2O7/c1-2-29-19(12-13-20(26)24-28)21(16-8-10-18(11-9-16)30-15-14-25)31-22(27)23-17-6-4-3-5-7-17/h3-13,19,21,25,28H,2,14-15H2,1H3,(H,23,27)(H,24,26)/b13-12+/t19-,21-/m0/s1. The molecule has 0 radical (unpaired) electrons. The average Bonchev–Trinajstić information content (AvgIpc) is 2.80. The van der Waals surface area contributed by atoms with Gasteiger partial charge in [0.05, 0.1) is 6.61 Å². The van der Waals surface area contributed by atoms with Gasteiger partial charge in [-0.25, -0.2) is 10.3 Å². The summed E-state index contributed by atoms with van der Waals surface area (Å²) in [6.45, 7) is 2.09. The number of carbonyl (C=O) groups excluding carboxylic acids is 2. The Morgan fingerprint density at radius 2 is 1.81 bits per heavy atom. The highest BCUT2D eigenvalue weighted by Gasteiger charge is 2.26. The predicted molar refractivity (Wildman–Crippen MR) is 113 cm³/mol. The Bertz CT molecular complexity index is 841. The molecule has 2 amide bonds. The lowest BCUT2D eigenvalue weighted by Gasteiger charge is -2.25. The summed E-state index contributed by atoms with van der Waals surface area (Å²) in [5.41, 5.74) is 2.65. The molecule has 9 heteroatoms. The Hall–Kier alpha value is -3.40. The van der Waals surface area contributed by atoms with Gasteiger partial charge in [0.2, 0.25) is 0 Å². The van der Waals surface area contributed by atoms with Crippen LogP contribution in [0.2, 0.25) is 0 Å². The fourth-order valence-corrected chi connectivity index (χ4v) is 2.68. The molecule has 0 aliphatic heterocycles. The fraction of sp³-hybridized carbons (Fsp3) is 0.273. The van der Waals surface area contributed by atoms with E-state index in [9.17, 15) is 9.59 Å². The van der Waals surface area contributed by atoms with Crippen LogP contribution in [-0.2, 0) is 14.3 Å². The molecule has 0 aliphatic carbocycles. The van der Waals surface area contributed by atoms with E-state index in [1.807, 2.05) is 6.07 Å². The summed E-state index contributed by atoms with van der Waals surface area (Å²) < 4.78 is 16.7. The number of nitrogens with one attached hydrogen (secondary N) is 2. The van der Waals surface area contributed by atoms with Gasteiger partial charge >= 0.3 is 6.09 Å². The van der Waals surface area contributed by atoms with Crippen molar-refractivity contribution in [2.75, 3.05) is 25.1 Å². The average molecular weight is 430 g/mol. The van der Waals surface area contributed by atoms with Crippen LogP contribution in [0.25, 0.3) is 0 Å². The van der Waals surface area contributed by atoms with Crippen LogP contribution in [-0.4, -0.2) is 48.2 Å². The van der Waals surface area contributed by atoms with Gasteiger partial charge in [0.15, 0.2) is 6.10 Å². The third-order valence-corrected chi connectivity index (χ3v) is 4.03. The molecule has 0 aliphatic rings. The van der Waals surface area contributed by atoms with Crippen molar-refractivity contribution in [1.29, 1.82) is 0 Å². The smallest absolute Gasteiger partial charge is 0.412 e. The first-order valence-corrected chi connectivity index (χ1v) is 9.67. The van der Waals surface area contributed by atoms with Crippen LogP contribution in [0.4, 0.5) is 10.5 Å². The topological polar surface area (TPSA) is 126 Å². The zero-order valence-corrected chi connectivity index (χ0v) is 17.1. The summed E-state index contributed by atoms with van der Waals surface area (Å²) in [5.74, 6) is -0.210. The number of hydrogen-bond acceptors (Lipinski definition) is 7. The SMILES string of the molecule is CCO[C@@H](/C=C/C(=O)NO)[C@@H](OC(=O)Nc1ccccc1)c1ccc(OCCO)cc1. The molecule has 0 saturated heterocycles. The molecule has 0 fully saturated rings. The molecule has 2 rings (SSSR count). The second-order valence-electron chi connectivity index (χ2n) is 6.21. The Labute approximate surface area is 180 Å². The maximum absolute atomic E-state index is 12.5. The van der Waals surface area contributed by atoms with Crippen LogP contribution in [0.3, 0.4) is 0 Å². The molecule has 31 heavy (non-hydrogen) atoms. The lowest BCUT2D eigenvalue weighted by Crippen LogP contribution is -2.28. The molecule has 0 aromatic heterocycles. The number of rotatable bonds is 11. The minimum absolute atomic E-state index is 0.114. The number of ether oxygens (including phenoxy) is 3. The van der Waals surface area contributed by atoms with Crippen molar-refractivity contribution in [1.82, 2.24) is 5.48 Å². The van der Waals surface area contributed by atoms with Gasteiger partial charge in [-0.3, -0.25) is 15.3 Å². The molecular weight excluding hydrogens is 404 g/mol. The maximum atomic E-state index is 12.5. The summed E-state index contributed by atoms with van der Waals surface area (Å²) in [5, 5.41) is 20.3. The highest BCUT2D eigenvalue weighted by atomic mass is 16.6. The first-order valence-electron chi connectivity index (χ1n) is 9.67. The summed E-state index contributed by atoms with van der Waals surface area (Å²) >= 11 is 0. The molecular formula is C22H26N2O7. The Balaban J connectivity index is 2.26. The summed E-state index contributed by atoms with van der Waals surface area (Å²) in [6, 6.07) is 15.5. The lowest BCUT2D eigenvalue weighted by atomic mass is 10.0. The predicted octanol–water partition coefficient (Wildman–Crippen LogP) is 2.81. The molecule has 0 spiro atoms. The quantitative estimate of drug-likeness (QED) is 0.245. The second kappa shape index (κ2) is 13.0. The van der Waals surface area contributed by atoms with Gasteiger partial charge < -0.3 is 19.3 Å². The number of hydrogen-bond donors (Lipinski definition) is 4. The second-order valence-corrected chi connectivity index (χ2v) is 6.21. The van der Waals surface area contributed by atoms with E-state index in [0.717, 1.165) is 6.08 Å². The molecule has 2 aromatic carbocycles. The first-order chi connectivity index (χ1) is 15.1. The molecule has 4 N–H and O–H groups in total. The Morgan fingerprint density at radius 1 is 1.10 bits per heavy atom. The van der Waals surface area contributed by atoms with Gasteiger partial charge in [0.25, 0.3) is 5.91 Å². The summed E-state index contributed by atoms with van der Waals surface area (Å²) in [6.07, 6.45) is 0.0591. The van der Waals surface area contributed by atoms with Crippen molar-refractivity contribution in [3.8, 4) is 5.75 Å². The lowest BCUT2D eigenvalue weighted by molar-refractivity contribution is -0.124. The third kappa shape index (κ3) is 8.09. The van der Waals surface area contributed by atoms with E-state index in [0.29, 0.717) is 17.0 Å². The van der Waals surface area contributed by atoms with E-state index in [1.54, 1.807) is 55.5 Å². The van der Waals surface area contributed by atoms with E-state index >= 15 is 0 Å². The zero-order valence-electron chi connectivity index (χ0n) is 17.1. The van der Waals surface area contributed by atoms with Gasteiger partial charge in [0, 0.05) is 18.4 Å². The van der Waals surface area contributed by atoms with E-state index in [2.05, 4.69) is 5.32 Å². The van der Waals surface area contributed by atoms with Crippen LogP contribution >= 0.6 is 0 Å². The molecule has 0 bridgehead atoms. The summed E-state index contributed by atoms with van der Waals surface area (Å²) in [7, 11) is 0. The van der Waals surface area contributed by atoms with Crippen molar-refractivity contribution in [2.24, 2.45) is 0 Å². The molecule has 2 atom stereocenters. The molecule has 9 nitrogen and oxygen atoms in total. The van der Waals surface area contributed by atoms with Crippen LogP contribution < -0.4 is 15.5 Å². The number of aliphatic hydroxyl groups excluding tert-OH is 1. The number of aliphatic hydroxyl groups is 1. The van der Waals surface area contributed by atoms with Gasteiger partial charge in [-0.1, -0.05) is 30.3 Å². The summed E-state index contributed by atoms with van der Waals surface area (Å²) in [4.78, 5) is 24.0. The van der Waals surface area contributed by atoms with Crippen molar-refractivity contribution in [3.05, 3.63) is 72.3 Å². The number of para-hydroxylation sites is 1. The Morgan fingerprint density at radius 3 is 2.42 bits per heavy atom. The molecule has 0 saturated carbocycles. The minimum Gasteiger partial charge on any atom is -0.491 e. The minimum atomic E-state index is -0.904. The van der Waals surface area contributed by atoms with Crippen molar-refractivity contribution in [3.63, 3.8) is 0 Å². The van der Waals surface area contributed by atoms with Gasteiger partial charge in [-0.2, -0.15) is 0 Å². The molecule has 0 heterocycles. The molecule has 2 aromatic rings. The Kier molecular flexibility index (Phi) is 10.0. The van der Waals surface area contributed by atoms with Crippen LogP contribution in [0.5, 0.6) is 5.75 Å². The normalized spacial score (nSPS) is 12.7. The van der Waals surface area contributed by atoms with Crippen molar-refractivity contribution in [2.45, 2.75) is 19.1 Å². The van der Waals surface area contributed by atoms with E-state index in [-0.39, 0.29) is 19.8 Å². The van der Waals surface area contributed by atoms with Crippen LogP contribution in [0.1, 0.15) is 18.6 Å². The van der Waals surface area contributed by atoms with E-state index in [4.69, 9.17) is 24.5 Å². The maximum Gasteiger partial charge on any atom is 0.412 e. The van der Waals surface area contributed by atoms with E-state index < -0.39 is 24.2 Å². The van der Waals surface area contributed by atoms with Crippen LogP contribution in [0.15, 0.2) is 66.7 Å². The number of carbonyl (C=O) groups is 2. The number of amides is 2. The largest absolute Gasteiger partial charge is 0.491 e. The number of anilines is 1. The van der Waals surface area contributed by atoms with Gasteiger partial charge in [-0.05, 0) is 42.8 Å². The fourth-order valence-electron chi connectivity index (χ4n) is 2.68. The van der Waals surface area contributed by atoms with Gasteiger partial charge in [-0.15, -0.1) is 0 Å². The first kappa shape index (κ1) is 23.9.